The van der Waals surface area contributed by atoms with E-state index in [1.807, 2.05) is 0 Å². The number of carbonyl (C=O) groups is 2. The van der Waals surface area contributed by atoms with Crippen molar-refractivity contribution in [2.24, 2.45) is 0 Å². The van der Waals surface area contributed by atoms with Gasteiger partial charge in [-0.25, -0.2) is 19.8 Å². The molecule has 0 aromatic carbocycles. The molecule has 0 fully saturated rings. The summed E-state index contributed by atoms with van der Waals surface area (Å²) < 4.78 is 0. The monoisotopic (exact) mass is 131 g/mol. The van der Waals surface area contributed by atoms with E-state index in [2.05, 4.69) is 5.32 Å². The van der Waals surface area contributed by atoms with Gasteiger partial charge in [-0.3, -0.25) is 5.32 Å². The molecule has 0 aliphatic carbocycles. The van der Waals surface area contributed by atoms with E-state index >= 15 is 0 Å². The van der Waals surface area contributed by atoms with Crippen molar-refractivity contribution in [1.82, 2.24) is 5.32 Å². The Balaban J connectivity index is 3.10. The van der Waals surface area contributed by atoms with Crippen LogP contribution in [0.25, 0.3) is 0 Å². The molecule has 0 heterocycles. The number of nitrogens with one attached hydrogen (secondary N) is 1. The third-order valence-electron chi connectivity index (χ3n) is 0.539. The fraction of sp³-hybridized carbons (Fsp3) is 0.500. The molecule has 0 bridgehead atoms. The van der Waals surface area contributed by atoms with E-state index in [0.29, 0.717) is 0 Å². The predicted molar refractivity (Wildman–Crippen MR) is 24.3 cm³/mol. The zero-order chi connectivity index (χ0) is 7.28. The summed E-state index contributed by atoms with van der Waals surface area (Å²) in [6, 6.07) is 0. The Morgan fingerprint density at radius 3 is 1.56 bits per heavy atom. The Labute approximate surface area is 51.3 Å². The summed E-state index contributed by atoms with van der Waals surface area (Å²) in [5, 5.41) is 21.2. The highest BCUT2D eigenvalue weighted by molar-refractivity contribution is 5.71. The first kappa shape index (κ1) is 7.90. The molecule has 9 heavy (non-hydrogen) atoms. The third kappa shape index (κ3) is 6.90. The average molecular weight is 131 g/mol. The molecule has 0 aliphatic rings. The van der Waals surface area contributed by atoms with E-state index in [0.717, 1.165) is 0 Å². The van der Waals surface area contributed by atoms with Gasteiger partial charge in [0, 0.05) is 0 Å². The zero-order valence-electron chi connectivity index (χ0n) is 4.55. The summed E-state index contributed by atoms with van der Waals surface area (Å²) in [5.41, 5.74) is 0. The number of rotatable bonds is 4. The molecule has 2 radical (unpaired) electrons. The smallest absolute Gasteiger partial charge is 0.297 e. The van der Waals surface area contributed by atoms with Crippen molar-refractivity contribution in [3.05, 3.63) is 0 Å². The molecule has 0 amide bonds. The second kappa shape index (κ2) is 3.85. The van der Waals surface area contributed by atoms with Crippen LogP contribution in [0.3, 0.4) is 0 Å². The molecule has 0 rings (SSSR count). The fourth-order valence-corrected chi connectivity index (χ4v) is 0.267. The second-order valence-corrected chi connectivity index (χ2v) is 1.35. The Kier molecular flexibility index (Phi) is 3.38. The number of hydrogen-bond donors (Lipinski definition) is 1. The maximum absolute atomic E-state index is 9.59. The lowest BCUT2D eigenvalue weighted by Gasteiger charge is -1.89. The summed E-state index contributed by atoms with van der Waals surface area (Å²) in [6.07, 6.45) is 0. The molecule has 0 aliphatic heterocycles. The van der Waals surface area contributed by atoms with Crippen LogP contribution in [-0.2, 0) is 19.8 Å². The first-order chi connectivity index (χ1) is 4.13. The highest BCUT2D eigenvalue weighted by Gasteiger charge is 2.01. The van der Waals surface area contributed by atoms with Gasteiger partial charge in [-0.15, -0.1) is 0 Å². The molecule has 1 N–H and O–H groups in total. The molecular weight excluding hydrogens is 126 g/mol. The summed E-state index contributed by atoms with van der Waals surface area (Å²) in [5.74, 6) is -2.67. The summed E-state index contributed by atoms with van der Waals surface area (Å²) in [6.45, 7) is -0.929. The predicted octanol–water partition coefficient (Wildman–Crippen LogP) is -1.51. The van der Waals surface area contributed by atoms with Gasteiger partial charge in [-0.05, 0) is 0 Å². The van der Waals surface area contributed by atoms with Gasteiger partial charge in [0.05, 0.1) is 13.1 Å². The van der Waals surface area contributed by atoms with Crippen LogP contribution in [0.15, 0.2) is 0 Å². The van der Waals surface area contributed by atoms with Crippen molar-refractivity contribution in [3.63, 3.8) is 0 Å². The Morgan fingerprint density at radius 1 is 1.00 bits per heavy atom. The van der Waals surface area contributed by atoms with Crippen LogP contribution in [0.5, 0.6) is 0 Å². The fourth-order valence-electron chi connectivity index (χ4n) is 0.267. The van der Waals surface area contributed by atoms with Crippen molar-refractivity contribution in [2.75, 3.05) is 13.1 Å². The van der Waals surface area contributed by atoms with Crippen LogP contribution in [0.2, 0.25) is 0 Å². The molecule has 0 unspecified atom stereocenters. The zero-order valence-corrected chi connectivity index (χ0v) is 4.55. The molecule has 0 saturated carbocycles. The third-order valence-corrected chi connectivity index (χ3v) is 0.539. The molecule has 0 saturated heterocycles. The van der Waals surface area contributed by atoms with Gasteiger partial charge in [0.2, 0.25) is 0 Å². The Morgan fingerprint density at radius 2 is 1.33 bits per heavy atom. The van der Waals surface area contributed by atoms with E-state index in [9.17, 15) is 19.8 Å². The summed E-state index contributed by atoms with van der Waals surface area (Å²) >= 11 is 0. The van der Waals surface area contributed by atoms with E-state index < -0.39 is 25.0 Å². The van der Waals surface area contributed by atoms with Crippen molar-refractivity contribution in [2.45, 2.75) is 0 Å². The van der Waals surface area contributed by atoms with Gasteiger partial charge in [0.25, 0.3) is 0 Å². The van der Waals surface area contributed by atoms with Gasteiger partial charge in [0.15, 0.2) is 0 Å². The second-order valence-electron chi connectivity index (χ2n) is 1.35. The lowest BCUT2D eigenvalue weighted by molar-refractivity contribution is -0.143. The molecule has 0 aromatic heterocycles. The largest absolute Gasteiger partial charge is 0.369 e. The first-order valence-corrected chi connectivity index (χ1v) is 2.23. The van der Waals surface area contributed by atoms with Gasteiger partial charge in [-0.2, -0.15) is 0 Å². The Bertz CT molecular complexity index is 108. The van der Waals surface area contributed by atoms with Crippen molar-refractivity contribution in [1.29, 1.82) is 0 Å². The molecule has 50 valence electrons. The normalized spacial score (nSPS) is 8.89. The summed E-state index contributed by atoms with van der Waals surface area (Å²) in [4.78, 5) is 19.2. The molecule has 5 heteroatoms. The molecule has 0 spiro atoms. The standard InChI is InChI=1S/C4H5NO4/c6-3(7)1-5-2-4(8)9/h5H,1-2H2. The van der Waals surface area contributed by atoms with E-state index in [1.165, 1.54) is 0 Å². The number of carbonyl (C=O) groups excluding carboxylic acids is 2. The average Bonchev–Trinajstić information content (AvgIpc) is 1.63. The van der Waals surface area contributed by atoms with Crippen LogP contribution in [0.1, 0.15) is 0 Å². The SMILES string of the molecule is [O]C(=O)CNCC([O])=O. The lowest BCUT2D eigenvalue weighted by Crippen LogP contribution is -2.27. The van der Waals surface area contributed by atoms with Crippen molar-refractivity contribution >= 4 is 11.9 Å². The van der Waals surface area contributed by atoms with Gasteiger partial charge in [-0.1, -0.05) is 0 Å². The van der Waals surface area contributed by atoms with E-state index in [1.54, 1.807) is 0 Å². The molecular formula is C4H5NO4. The molecule has 0 aromatic rings. The van der Waals surface area contributed by atoms with Crippen molar-refractivity contribution in [3.8, 4) is 0 Å². The minimum absolute atomic E-state index is 0.464. The summed E-state index contributed by atoms with van der Waals surface area (Å²) in [7, 11) is 0. The van der Waals surface area contributed by atoms with E-state index in [4.69, 9.17) is 0 Å². The minimum Gasteiger partial charge on any atom is -0.297 e. The quantitative estimate of drug-likeness (QED) is 0.503. The molecule has 0 atom stereocenters. The highest BCUT2D eigenvalue weighted by atomic mass is 16.4. The van der Waals surface area contributed by atoms with Gasteiger partial charge in [0.1, 0.15) is 0 Å². The maximum atomic E-state index is 9.59. The highest BCUT2D eigenvalue weighted by Crippen LogP contribution is 1.62. The van der Waals surface area contributed by atoms with Crippen LogP contribution in [-0.4, -0.2) is 25.0 Å². The lowest BCUT2D eigenvalue weighted by atomic mass is 10.6. The maximum Gasteiger partial charge on any atom is 0.369 e. The van der Waals surface area contributed by atoms with Crippen LogP contribution < -0.4 is 5.32 Å². The minimum atomic E-state index is -1.34. The first-order valence-electron chi connectivity index (χ1n) is 2.23. The van der Waals surface area contributed by atoms with Crippen molar-refractivity contribution < 1.29 is 19.8 Å². The Hall–Kier alpha value is -1.10. The molecule has 5 nitrogen and oxygen atoms in total. The topological polar surface area (TPSA) is 86.0 Å². The van der Waals surface area contributed by atoms with Crippen LogP contribution in [0.4, 0.5) is 0 Å². The van der Waals surface area contributed by atoms with Crippen LogP contribution >= 0.6 is 0 Å². The van der Waals surface area contributed by atoms with Gasteiger partial charge >= 0.3 is 11.9 Å². The van der Waals surface area contributed by atoms with Gasteiger partial charge < -0.3 is 0 Å². The van der Waals surface area contributed by atoms with Crippen LogP contribution in [0, 0.1) is 0 Å². The number of hydrogen-bond acceptors (Lipinski definition) is 3. The van der Waals surface area contributed by atoms with E-state index in [-0.39, 0.29) is 0 Å².